The Hall–Kier alpha value is -1.85. The lowest BCUT2D eigenvalue weighted by molar-refractivity contribution is -0.162. The molecule has 1 aromatic rings. The van der Waals surface area contributed by atoms with Gasteiger partial charge in [-0.1, -0.05) is 13.8 Å². The minimum atomic E-state index is -0.852. The van der Waals surface area contributed by atoms with Gasteiger partial charge in [0, 0.05) is 18.9 Å². The molecule has 1 aromatic heterocycles. The molecule has 1 aliphatic heterocycles. The number of rotatable bonds is 5. The largest absolute Gasteiger partial charge is 0.340 e. The van der Waals surface area contributed by atoms with E-state index in [9.17, 15) is 9.59 Å². The second-order valence-corrected chi connectivity index (χ2v) is 6.04. The summed E-state index contributed by atoms with van der Waals surface area (Å²) in [6.45, 7) is 8.49. The molecule has 2 amide bonds. The highest BCUT2D eigenvalue weighted by Gasteiger charge is 2.53. The van der Waals surface area contributed by atoms with Gasteiger partial charge in [0.15, 0.2) is 0 Å². The Kier molecular flexibility index (Phi) is 4.07. The van der Waals surface area contributed by atoms with Gasteiger partial charge in [-0.25, -0.2) is 0 Å². The van der Waals surface area contributed by atoms with Gasteiger partial charge in [-0.2, -0.15) is 5.10 Å². The minimum Gasteiger partial charge on any atom is -0.340 e. The Labute approximate surface area is 125 Å². The van der Waals surface area contributed by atoms with Crippen LogP contribution < -0.4 is 5.32 Å². The maximum absolute atomic E-state index is 12.8. The first-order valence-corrected chi connectivity index (χ1v) is 7.49. The van der Waals surface area contributed by atoms with E-state index in [1.807, 2.05) is 26.1 Å². The van der Waals surface area contributed by atoms with Crippen LogP contribution in [0.2, 0.25) is 0 Å². The van der Waals surface area contributed by atoms with Gasteiger partial charge in [0.1, 0.15) is 11.1 Å². The van der Waals surface area contributed by atoms with Crippen LogP contribution in [0.3, 0.4) is 0 Å². The van der Waals surface area contributed by atoms with Crippen LogP contribution in [0.15, 0.2) is 18.5 Å². The summed E-state index contributed by atoms with van der Waals surface area (Å²) >= 11 is 0. The van der Waals surface area contributed by atoms with Gasteiger partial charge in [0.2, 0.25) is 11.8 Å². The molecule has 0 unspecified atom stereocenters. The first-order chi connectivity index (χ1) is 9.87. The Balaban J connectivity index is 2.29. The van der Waals surface area contributed by atoms with Crippen LogP contribution in [-0.2, 0) is 16.1 Å². The summed E-state index contributed by atoms with van der Waals surface area (Å²) in [5, 5.41) is 7.03. The third-order valence-corrected chi connectivity index (χ3v) is 4.43. The lowest BCUT2D eigenvalue weighted by Gasteiger charge is -2.50. The van der Waals surface area contributed by atoms with E-state index < -0.39 is 11.1 Å². The predicted octanol–water partition coefficient (Wildman–Crippen LogP) is 1.18. The molecule has 0 aliphatic carbocycles. The highest BCUT2D eigenvalue weighted by Crippen LogP contribution is 2.31. The second kappa shape index (κ2) is 5.50. The van der Waals surface area contributed by atoms with Crippen molar-refractivity contribution < 1.29 is 9.59 Å². The van der Waals surface area contributed by atoms with E-state index >= 15 is 0 Å². The van der Waals surface area contributed by atoms with E-state index in [-0.39, 0.29) is 11.8 Å². The van der Waals surface area contributed by atoms with Crippen LogP contribution in [0.1, 0.15) is 40.5 Å². The Morgan fingerprint density at radius 1 is 1.19 bits per heavy atom. The molecule has 0 radical (unpaired) electrons. The first-order valence-electron chi connectivity index (χ1n) is 7.49. The standard InChI is InChI=1S/C15H24N4O2/c1-5-15(6-2)12(20)17-14(3,4)13(21)19(15)11-10-18-9-7-8-16-18/h7-9H,5-6,10-11H2,1-4H3,(H,17,20). The summed E-state index contributed by atoms with van der Waals surface area (Å²) in [5.74, 6) is -0.0875. The van der Waals surface area contributed by atoms with Gasteiger partial charge in [0.25, 0.3) is 0 Å². The topological polar surface area (TPSA) is 67.2 Å². The van der Waals surface area contributed by atoms with Crippen LogP contribution in [-0.4, -0.2) is 44.1 Å². The second-order valence-electron chi connectivity index (χ2n) is 6.04. The normalized spacial score (nSPS) is 20.5. The van der Waals surface area contributed by atoms with E-state index in [4.69, 9.17) is 0 Å². The Bertz CT molecular complexity index is 518. The third kappa shape index (κ3) is 2.54. The van der Waals surface area contributed by atoms with E-state index in [0.29, 0.717) is 25.9 Å². The number of piperazine rings is 1. The van der Waals surface area contributed by atoms with Crippen molar-refractivity contribution in [3.8, 4) is 0 Å². The summed E-state index contributed by atoms with van der Waals surface area (Å²) in [6.07, 6.45) is 4.79. The molecule has 21 heavy (non-hydrogen) atoms. The quantitative estimate of drug-likeness (QED) is 0.886. The first kappa shape index (κ1) is 15.5. The summed E-state index contributed by atoms with van der Waals surface area (Å²) < 4.78 is 1.78. The molecule has 0 atom stereocenters. The van der Waals surface area contributed by atoms with E-state index in [1.54, 1.807) is 29.6 Å². The molecule has 0 saturated carbocycles. The maximum Gasteiger partial charge on any atom is 0.248 e. The molecule has 1 saturated heterocycles. The Morgan fingerprint density at radius 2 is 1.86 bits per heavy atom. The fraction of sp³-hybridized carbons (Fsp3) is 0.667. The number of aromatic nitrogens is 2. The Morgan fingerprint density at radius 3 is 2.38 bits per heavy atom. The minimum absolute atomic E-state index is 0.0297. The number of carbonyl (C=O) groups is 2. The number of hydrogen-bond donors (Lipinski definition) is 1. The predicted molar refractivity (Wildman–Crippen MR) is 79.5 cm³/mol. The number of carbonyl (C=O) groups excluding carboxylic acids is 2. The van der Waals surface area contributed by atoms with Gasteiger partial charge in [-0.15, -0.1) is 0 Å². The van der Waals surface area contributed by atoms with Crippen LogP contribution in [0.25, 0.3) is 0 Å². The molecule has 0 spiro atoms. The van der Waals surface area contributed by atoms with Crippen molar-refractivity contribution >= 4 is 11.8 Å². The van der Waals surface area contributed by atoms with Crippen molar-refractivity contribution in [3.63, 3.8) is 0 Å². The van der Waals surface area contributed by atoms with Gasteiger partial charge >= 0.3 is 0 Å². The van der Waals surface area contributed by atoms with Crippen LogP contribution in [0, 0.1) is 0 Å². The van der Waals surface area contributed by atoms with Crippen LogP contribution in [0.5, 0.6) is 0 Å². The van der Waals surface area contributed by atoms with Crippen molar-refractivity contribution in [2.75, 3.05) is 6.54 Å². The maximum atomic E-state index is 12.8. The van der Waals surface area contributed by atoms with Crippen molar-refractivity contribution in [2.45, 2.75) is 58.2 Å². The highest BCUT2D eigenvalue weighted by atomic mass is 16.2. The van der Waals surface area contributed by atoms with Gasteiger partial charge in [0.05, 0.1) is 6.54 Å². The molecule has 0 aromatic carbocycles. The fourth-order valence-corrected chi connectivity index (χ4v) is 3.01. The number of hydrogen-bond acceptors (Lipinski definition) is 3. The van der Waals surface area contributed by atoms with Crippen molar-refractivity contribution in [2.24, 2.45) is 0 Å². The van der Waals surface area contributed by atoms with Crippen molar-refractivity contribution in [1.29, 1.82) is 0 Å². The lowest BCUT2D eigenvalue weighted by atomic mass is 9.83. The average molecular weight is 292 g/mol. The molecule has 6 heteroatoms. The molecule has 0 bridgehead atoms. The summed E-state index contributed by atoms with van der Waals surface area (Å²) in [5.41, 5.74) is -1.60. The zero-order valence-corrected chi connectivity index (χ0v) is 13.2. The molecule has 116 valence electrons. The van der Waals surface area contributed by atoms with Crippen molar-refractivity contribution in [3.05, 3.63) is 18.5 Å². The zero-order valence-electron chi connectivity index (χ0n) is 13.2. The number of nitrogens with one attached hydrogen (secondary N) is 1. The molecule has 6 nitrogen and oxygen atoms in total. The number of nitrogens with zero attached hydrogens (tertiary/aromatic N) is 3. The molecular formula is C15H24N4O2. The summed E-state index contributed by atoms with van der Waals surface area (Å²) in [7, 11) is 0. The molecular weight excluding hydrogens is 268 g/mol. The average Bonchev–Trinajstić information content (AvgIpc) is 2.94. The van der Waals surface area contributed by atoms with Gasteiger partial charge < -0.3 is 10.2 Å². The summed E-state index contributed by atoms with van der Waals surface area (Å²) in [4.78, 5) is 27.1. The van der Waals surface area contributed by atoms with Crippen LogP contribution in [0.4, 0.5) is 0 Å². The molecule has 1 aliphatic rings. The van der Waals surface area contributed by atoms with Crippen molar-refractivity contribution in [1.82, 2.24) is 20.0 Å². The lowest BCUT2D eigenvalue weighted by Crippen LogP contribution is -2.74. The molecule has 2 rings (SSSR count). The van der Waals surface area contributed by atoms with E-state index in [2.05, 4.69) is 10.4 Å². The molecule has 1 N–H and O–H groups in total. The van der Waals surface area contributed by atoms with E-state index in [0.717, 1.165) is 0 Å². The van der Waals surface area contributed by atoms with E-state index in [1.165, 1.54) is 0 Å². The van der Waals surface area contributed by atoms with Gasteiger partial charge in [-0.3, -0.25) is 14.3 Å². The smallest absolute Gasteiger partial charge is 0.248 e. The molecule has 1 fully saturated rings. The van der Waals surface area contributed by atoms with Crippen LogP contribution >= 0.6 is 0 Å². The monoisotopic (exact) mass is 292 g/mol. The zero-order chi connectivity index (χ0) is 15.7. The number of amides is 2. The fourth-order valence-electron chi connectivity index (χ4n) is 3.01. The highest BCUT2D eigenvalue weighted by molar-refractivity contribution is 6.01. The van der Waals surface area contributed by atoms with Gasteiger partial charge in [-0.05, 0) is 32.8 Å². The SMILES string of the molecule is CCC1(CC)C(=O)NC(C)(C)C(=O)N1CCn1cccn1. The summed E-state index contributed by atoms with van der Waals surface area (Å²) in [6, 6.07) is 1.85. The molecule has 2 heterocycles. The third-order valence-electron chi connectivity index (χ3n) is 4.43.